The lowest BCUT2D eigenvalue weighted by atomic mass is 9.89. The molecule has 2 aromatic carbocycles. The monoisotopic (exact) mass is 1380 g/mol. The molecule has 12 atom stereocenters. The highest BCUT2D eigenvalue weighted by Crippen LogP contribution is 2.26. The van der Waals surface area contributed by atoms with E-state index in [4.69, 9.17) is 34.4 Å². The van der Waals surface area contributed by atoms with E-state index in [-0.39, 0.29) is 76.6 Å². The molecule has 2 heterocycles. The summed E-state index contributed by atoms with van der Waals surface area (Å²) in [4.78, 5) is 186. The van der Waals surface area contributed by atoms with Crippen LogP contribution in [0.5, 0.6) is 0 Å². The van der Waals surface area contributed by atoms with Crippen molar-refractivity contribution in [3.8, 4) is 0 Å². The standard InChI is InChI=1S/C65H101N17O14S/c1-37(2)35-47(58(90)75-43(55(69)87)29-34-97-5)74-51(84)36-73-61(93)53(38(3)40-17-8-6-9-18-40)80-62(94)54(39(4)41-19-10-7-11-20-41)79-57(89)44(25-27-50(68)83)76-56(88)45(26-28-52(85)86)77-59(91)49-24-16-33-82(49)64(96)46(22-12-13-30-66)78-60(92)48-23-15-32-81(48)63(95)42(67)21-14-31-72-65(70)71/h6-11,17-20,37-39,42-49,53-54H,12-16,21-36,66-67H2,1-5H3,(H2,68,83)(H2,69,87)(H,73,93)(H,74,84)(H,75,90)(H,76,88)(H,77,91)(H,78,92)(H,79,89)(H,80,94)(H,85,86)(H4,70,71,72)/t38-,39-,42+,43+,44+,45+,46+,47+,48+,49+,53+,54+/m1/s1. The van der Waals surface area contributed by atoms with E-state index < -0.39 is 181 Å². The summed E-state index contributed by atoms with van der Waals surface area (Å²) in [6, 6.07) is 4.23. The second-order valence-corrected chi connectivity index (χ2v) is 25.9. The highest BCUT2D eigenvalue weighted by Gasteiger charge is 2.43. The van der Waals surface area contributed by atoms with Gasteiger partial charge in [-0.1, -0.05) is 88.4 Å². The maximum Gasteiger partial charge on any atom is 0.303 e. The van der Waals surface area contributed by atoms with Gasteiger partial charge < -0.3 is 91.8 Å². The van der Waals surface area contributed by atoms with Crippen LogP contribution in [0.25, 0.3) is 0 Å². The van der Waals surface area contributed by atoms with Crippen molar-refractivity contribution >= 4 is 94.6 Å². The average molecular weight is 1380 g/mol. The molecule has 2 aliphatic rings. The molecule has 0 spiro atoms. The molecule has 536 valence electrons. The molecule has 97 heavy (non-hydrogen) atoms. The van der Waals surface area contributed by atoms with Crippen LogP contribution in [-0.4, -0.2) is 203 Å². The number of carboxylic acids is 1. The van der Waals surface area contributed by atoms with Gasteiger partial charge in [-0.3, -0.25) is 67.3 Å². The van der Waals surface area contributed by atoms with Crippen LogP contribution in [0, 0.1) is 5.92 Å². The SMILES string of the molecule is CSCC[C@H](NC(=O)[C@H](CC(C)C)NC(=O)CNC(=O)[C@@H](NC(=O)[C@@H](NC(=O)[C@H](CCC(N)=O)NC(=O)[C@H](CCC(=O)O)NC(=O)[C@@H]1CCCN1C(=O)[C@H](CCCCN)NC(=O)[C@@H]1CCCN1C(=O)[C@@H](N)CCCN=C(N)N)[C@H](C)c1ccccc1)[C@H](C)c1ccccc1)C(N)=O. The van der Waals surface area contributed by atoms with Gasteiger partial charge in [0.2, 0.25) is 70.9 Å². The zero-order valence-corrected chi connectivity index (χ0v) is 56.9. The van der Waals surface area contributed by atoms with Crippen molar-refractivity contribution < 1.29 is 67.4 Å². The number of nitrogens with two attached hydrogens (primary N) is 6. The van der Waals surface area contributed by atoms with Gasteiger partial charge in [0.05, 0.1) is 12.6 Å². The number of amides is 12. The van der Waals surface area contributed by atoms with Crippen LogP contribution >= 0.6 is 11.8 Å². The van der Waals surface area contributed by atoms with Gasteiger partial charge in [-0.15, -0.1) is 0 Å². The van der Waals surface area contributed by atoms with Gasteiger partial charge in [-0.05, 0) is 119 Å². The largest absolute Gasteiger partial charge is 0.481 e. The van der Waals surface area contributed by atoms with E-state index in [1.54, 1.807) is 74.5 Å². The third kappa shape index (κ3) is 26.6. The van der Waals surface area contributed by atoms with Crippen molar-refractivity contribution in [2.24, 2.45) is 45.3 Å². The normalized spacial score (nSPS) is 17.4. The Hall–Kier alpha value is -8.91. The molecule has 2 saturated heterocycles. The van der Waals surface area contributed by atoms with Gasteiger partial charge in [0, 0.05) is 44.3 Å². The van der Waals surface area contributed by atoms with E-state index in [1.165, 1.54) is 21.6 Å². The van der Waals surface area contributed by atoms with E-state index in [1.807, 2.05) is 20.1 Å². The second-order valence-electron chi connectivity index (χ2n) is 24.9. The Morgan fingerprint density at radius 1 is 0.567 bits per heavy atom. The fraction of sp³-hybridized carbons (Fsp3) is 0.600. The Labute approximate surface area is 570 Å². The summed E-state index contributed by atoms with van der Waals surface area (Å²) in [6.45, 7) is 7.06. The molecule has 0 unspecified atom stereocenters. The zero-order valence-electron chi connectivity index (χ0n) is 56.1. The highest BCUT2D eigenvalue weighted by molar-refractivity contribution is 7.98. The van der Waals surface area contributed by atoms with Crippen molar-refractivity contribution in [1.82, 2.24) is 52.3 Å². The number of unbranched alkanes of at least 4 members (excludes halogenated alkanes) is 1. The first-order valence-electron chi connectivity index (χ1n) is 33.0. The molecular formula is C65H101N17O14S. The number of carbonyl (C=O) groups is 13. The number of nitrogens with zero attached hydrogens (tertiary/aromatic N) is 3. The summed E-state index contributed by atoms with van der Waals surface area (Å²) in [7, 11) is 0. The molecule has 2 aromatic rings. The van der Waals surface area contributed by atoms with Gasteiger partial charge in [-0.2, -0.15) is 11.8 Å². The molecular weight excluding hydrogens is 1270 g/mol. The number of hydrogen-bond donors (Lipinski definition) is 15. The summed E-state index contributed by atoms with van der Waals surface area (Å²) < 4.78 is 0. The lowest BCUT2D eigenvalue weighted by Gasteiger charge is -2.32. The minimum Gasteiger partial charge on any atom is -0.481 e. The number of guanidine groups is 1. The molecule has 31 nitrogen and oxygen atoms in total. The summed E-state index contributed by atoms with van der Waals surface area (Å²) >= 11 is 1.45. The van der Waals surface area contributed by atoms with Crippen LogP contribution in [0.2, 0.25) is 0 Å². The Bertz CT molecular complexity index is 3040. The lowest BCUT2D eigenvalue weighted by Crippen LogP contribution is -2.61. The molecule has 0 radical (unpaired) electrons. The van der Waals surface area contributed by atoms with E-state index in [9.17, 15) is 62.6 Å². The fourth-order valence-electron chi connectivity index (χ4n) is 11.6. The van der Waals surface area contributed by atoms with Crippen molar-refractivity contribution in [2.75, 3.05) is 44.7 Å². The Morgan fingerprint density at radius 3 is 1.60 bits per heavy atom. The van der Waals surface area contributed by atoms with E-state index >= 15 is 4.79 Å². The van der Waals surface area contributed by atoms with Crippen molar-refractivity contribution in [3.63, 3.8) is 0 Å². The number of rotatable bonds is 42. The van der Waals surface area contributed by atoms with Gasteiger partial charge >= 0.3 is 5.97 Å². The number of carbonyl (C=O) groups excluding carboxylic acids is 12. The van der Waals surface area contributed by atoms with Crippen LogP contribution in [0.15, 0.2) is 65.7 Å². The molecule has 21 N–H and O–H groups in total. The topological polar surface area (TPSA) is 513 Å². The summed E-state index contributed by atoms with van der Waals surface area (Å²) in [5.41, 5.74) is 35.1. The van der Waals surface area contributed by atoms with E-state index in [2.05, 4.69) is 47.5 Å². The smallest absolute Gasteiger partial charge is 0.303 e. The first-order chi connectivity index (χ1) is 46.1. The van der Waals surface area contributed by atoms with Gasteiger partial charge in [0.15, 0.2) is 5.96 Å². The Balaban J connectivity index is 1.60. The van der Waals surface area contributed by atoms with Crippen LogP contribution < -0.4 is 76.9 Å². The first-order valence-corrected chi connectivity index (χ1v) is 34.4. The number of primary amides is 2. The predicted molar refractivity (Wildman–Crippen MR) is 363 cm³/mol. The minimum atomic E-state index is -1.69. The van der Waals surface area contributed by atoms with Crippen LogP contribution in [0.1, 0.15) is 147 Å². The number of thioether (sulfide) groups is 1. The fourth-order valence-corrected chi connectivity index (χ4v) is 12.0. The predicted octanol–water partition coefficient (Wildman–Crippen LogP) is -1.99. The highest BCUT2D eigenvalue weighted by atomic mass is 32.2. The van der Waals surface area contributed by atoms with Crippen LogP contribution in [-0.2, 0) is 62.3 Å². The lowest BCUT2D eigenvalue weighted by molar-refractivity contribution is -0.144. The van der Waals surface area contributed by atoms with Crippen molar-refractivity contribution in [1.29, 1.82) is 0 Å². The number of carboxylic acid groups (broad SMARTS) is 1. The van der Waals surface area contributed by atoms with Crippen LogP contribution in [0.3, 0.4) is 0 Å². The summed E-state index contributed by atoms with van der Waals surface area (Å²) in [5, 5.41) is 31.0. The number of aliphatic carboxylic acids is 1. The quantitative estimate of drug-likeness (QED) is 0.0194. The number of likely N-dealkylation sites (tertiary alicyclic amines) is 2. The minimum absolute atomic E-state index is 0.0510. The molecule has 12 amide bonds. The van der Waals surface area contributed by atoms with Crippen molar-refractivity contribution in [3.05, 3.63) is 71.8 Å². The molecule has 32 heteroatoms. The number of benzene rings is 2. The third-order valence-electron chi connectivity index (χ3n) is 17.0. The number of hydrogen-bond acceptors (Lipinski definition) is 17. The molecule has 0 saturated carbocycles. The summed E-state index contributed by atoms with van der Waals surface area (Å²) in [5.74, 6) is -12.3. The van der Waals surface area contributed by atoms with Crippen molar-refractivity contribution in [2.45, 2.75) is 196 Å². The summed E-state index contributed by atoms with van der Waals surface area (Å²) in [6.07, 6.45) is 2.87. The molecule has 2 aliphatic heterocycles. The van der Waals surface area contributed by atoms with Gasteiger partial charge in [-0.25, -0.2) is 0 Å². The molecule has 2 fully saturated rings. The third-order valence-corrected chi connectivity index (χ3v) is 17.6. The molecule has 4 rings (SSSR count). The number of aliphatic imine (C=N–C) groups is 1. The van der Waals surface area contributed by atoms with Gasteiger partial charge in [0.1, 0.15) is 54.4 Å². The average Bonchev–Trinajstić information content (AvgIpc) is 1.82. The molecule has 0 aliphatic carbocycles. The van der Waals surface area contributed by atoms with Gasteiger partial charge in [0.25, 0.3) is 0 Å². The maximum atomic E-state index is 15.0. The molecule has 0 aromatic heterocycles. The zero-order chi connectivity index (χ0) is 71.9. The van der Waals surface area contributed by atoms with E-state index in [0.29, 0.717) is 49.0 Å². The first kappa shape index (κ1) is 80.5. The molecule has 0 bridgehead atoms. The Kier molecular flexibility index (Phi) is 34.2. The maximum absolute atomic E-state index is 15.0. The van der Waals surface area contributed by atoms with Crippen LogP contribution in [0.4, 0.5) is 0 Å². The van der Waals surface area contributed by atoms with E-state index in [0.717, 1.165) is 0 Å². The Morgan fingerprint density at radius 2 is 1.07 bits per heavy atom. The number of nitrogens with one attached hydrogen (secondary N) is 8. The second kappa shape index (κ2) is 41.3.